The van der Waals surface area contributed by atoms with E-state index in [2.05, 4.69) is 22.3 Å². The van der Waals surface area contributed by atoms with Crippen LogP contribution in [0.2, 0.25) is 0 Å². The molecule has 4 nitrogen and oxygen atoms in total. The van der Waals surface area contributed by atoms with Crippen molar-refractivity contribution in [3.8, 4) is 5.75 Å². The van der Waals surface area contributed by atoms with E-state index in [9.17, 15) is 13.6 Å². The van der Waals surface area contributed by atoms with E-state index in [4.69, 9.17) is 0 Å². The number of carbonyl (C=O) groups excluding carboxylic acids is 1. The van der Waals surface area contributed by atoms with Gasteiger partial charge in [0.15, 0.2) is 0 Å². The SMILES string of the molecule is CC(NC(C)c1ccc(OC(F)F)cc1)C(=O)NC1CCCCC1C. The minimum atomic E-state index is -2.83. The minimum absolute atomic E-state index is 0.00301. The summed E-state index contributed by atoms with van der Waals surface area (Å²) in [5.74, 6) is 0.649. The Labute approximate surface area is 148 Å². The fourth-order valence-electron chi connectivity index (χ4n) is 3.32. The van der Waals surface area contributed by atoms with Gasteiger partial charge >= 0.3 is 6.61 Å². The van der Waals surface area contributed by atoms with Crippen LogP contribution in [-0.4, -0.2) is 24.6 Å². The van der Waals surface area contributed by atoms with Crippen LogP contribution < -0.4 is 15.4 Å². The number of rotatable bonds is 7. The van der Waals surface area contributed by atoms with Crippen LogP contribution in [0, 0.1) is 5.92 Å². The molecule has 0 bridgehead atoms. The van der Waals surface area contributed by atoms with Gasteiger partial charge < -0.3 is 10.1 Å². The van der Waals surface area contributed by atoms with Gasteiger partial charge in [-0.05, 0) is 50.3 Å². The maximum absolute atomic E-state index is 12.4. The predicted molar refractivity (Wildman–Crippen MR) is 93.6 cm³/mol. The molecule has 0 heterocycles. The Balaban J connectivity index is 1.86. The lowest BCUT2D eigenvalue weighted by atomic mass is 9.86. The van der Waals surface area contributed by atoms with Crippen molar-refractivity contribution >= 4 is 5.91 Å². The standard InChI is InChI=1S/C19H28F2N2O2/c1-12-6-4-5-7-17(12)23-18(24)14(3)22-13(2)15-8-10-16(11-9-15)25-19(20)21/h8-14,17,19,22H,4-7H2,1-3H3,(H,23,24). The van der Waals surface area contributed by atoms with Crippen LogP contribution in [0.3, 0.4) is 0 Å². The van der Waals surface area contributed by atoms with Crippen molar-refractivity contribution in [1.29, 1.82) is 0 Å². The van der Waals surface area contributed by atoms with Crippen molar-refractivity contribution in [2.24, 2.45) is 5.92 Å². The number of ether oxygens (including phenoxy) is 1. The van der Waals surface area contributed by atoms with Gasteiger partial charge in [-0.3, -0.25) is 10.1 Å². The summed E-state index contributed by atoms with van der Waals surface area (Å²) in [5, 5.41) is 6.41. The second kappa shape index (κ2) is 9.13. The Bertz CT molecular complexity index is 551. The number of benzene rings is 1. The third-order valence-electron chi connectivity index (χ3n) is 4.94. The average Bonchev–Trinajstić information content (AvgIpc) is 2.56. The predicted octanol–water partition coefficient (Wildman–Crippen LogP) is 4.02. The van der Waals surface area contributed by atoms with Gasteiger partial charge in [-0.25, -0.2) is 0 Å². The van der Waals surface area contributed by atoms with E-state index in [1.54, 1.807) is 12.1 Å². The fourth-order valence-corrected chi connectivity index (χ4v) is 3.32. The number of nitrogens with one attached hydrogen (secondary N) is 2. The van der Waals surface area contributed by atoms with Crippen LogP contribution in [-0.2, 0) is 4.79 Å². The maximum atomic E-state index is 12.4. The highest BCUT2D eigenvalue weighted by Gasteiger charge is 2.25. The van der Waals surface area contributed by atoms with Gasteiger partial charge in [0.2, 0.25) is 5.91 Å². The summed E-state index contributed by atoms with van der Waals surface area (Å²) in [4.78, 5) is 12.4. The van der Waals surface area contributed by atoms with Crippen LogP contribution in [0.5, 0.6) is 5.75 Å². The smallest absolute Gasteiger partial charge is 0.387 e. The third-order valence-corrected chi connectivity index (χ3v) is 4.94. The quantitative estimate of drug-likeness (QED) is 0.777. The van der Waals surface area contributed by atoms with Crippen LogP contribution in [0.4, 0.5) is 8.78 Å². The zero-order chi connectivity index (χ0) is 18.4. The third kappa shape index (κ3) is 5.96. The molecule has 25 heavy (non-hydrogen) atoms. The lowest BCUT2D eigenvalue weighted by Gasteiger charge is -2.31. The molecule has 0 aliphatic heterocycles. The van der Waals surface area contributed by atoms with Crippen molar-refractivity contribution in [2.45, 2.75) is 71.2 Å². The average molecular weight is 354 g/mol. The molecule has 1 amide bonds. The number of amides is 1. The molecule has 0 spiro atoms. The molecule has 1 aliphatic carbocycles. The largest absolute Gasteiger partial charge is 0.435 e. The van der Waals surface area contributed by atoms with Crippen molar-refractivity contribution in [3.63, 3.8) is 0 Å². The van der Waals surface area contributed by atoms with Crippen LogP contribution in [0.15, 0.2) is 24.3 Å². The molecule has 2 rings (SSSR count). The molecule has 6 heteroatoms. The van der Waals surface area contributed by atoms with Crippen molar-refractivity contribution in [1.82, 2.24) is 10.6 Å². The highest BCUT2D eigenvalue weighted by Crippen LogP contribution is 2.24. The van der Waals surface area contributed by atoms with Gasteiger partial charge in [0.25, 0.3) is 0 Å². The molecule has 140 valence electrons. The molecule has 4 unspecified atom stereocenters. The number of hydrogen-bond acceptors (Lipinski definition) is 3. The zero-order valence-electron chi connectivity index (χ0n) is 15.1. The van der Waals surface area contributed by atoms with Crippen molar-refractivity contribution < 1.29 is 18.3 Å². The second-order valence-electron chi connectivity index (χ2n) is 6.93. The summed E-state index contributed by atoms with van der Waals surface area (Å²) in [6.45, 7) is 3.14. The first kappa shape index (κ1) is 19.6. The maximum Gasteiger partial charge on any atom is 0.387 e. The summed E-state index contributed by atoms with van der Waals surface area (Å²) in [6.07, 6.45) is 4.61. The molecule has 2 N–H and O–H groups in total. The number of halogens is 2. The molecule has 1 saturated carbocycles. The molecule has 0 radical (unpaired) electrons. The molecule has 1 aromatic rings. The van der Waals surface area contributed by atoms with E-state index in [0.717, 1.165) is 18.4 Å². The van der Waals surface area contributed by atoms with Crippen LogP contribution in [0.25, 0.3) is 0 Å². The summed E-state index contributed by atoms with van der Waals surface area (Å²) in [6, 6.07) is 6.31. The number of alkyl halides is 2. The Morgan fingerprint density at radius 1 is 1.16 bits per heavy atom. The van der Waals surface area contributed by atoms with E-state index in [1.165, 1.54) is 25.0 Å². The van der Waals surface area contributed by atoms with Gasteiger partial charge in [-0.1, -0.05) is 31.9 Å². The summed E-state index contributed by atoms with van der Waals surface area (Å²) in [7, 11) is 0. The minimum Gasteiger partial charge on any atom is -0.435 e. The Morgan fingerprint density at radius 3 is 2.40 bits per heavy atom. The first-order chi connectivity index (χ1) is 11.9. The van der Waals surface area contributed by atoms with E-state index >= 15 is 0 Å². The monoisotopic (exact) mass is 354 g/mol. The molecule has 1 aliphatic rings. The number of carbonyl (C=O) groups is 1. The summed E-state index contributed by atoms with van der Waals surface area (Å²) < 4.78 is 28.7. The van der Waals surface area contributed by atoms with Crippen LogP contribution >= 0.6 is 0 Å². The van der Waals surface area contributed by atoms with E-state index < -0.39 is 6.61 Å². The van der Waals surface area contributed by atoms with E-state index in [1.807, 2.05) is 13.8 Å². The first-order valence-electron chi connectivity index (χ1n) is 8.98. The first-order valence-corrected chi connectivity index (χ1v) is 8.98. The topological polar surface area (TPSA) is 50.4 Å². The Morgan fingerprint density at radius 2 is 1.80 bits per heavy atom. The Kier molecular flexibility index (Phi) is 7.17. The second-order valence-corrected chi connectivity index (χ2v) is 6.93. The normalized spacial score (nSPS) is 23.1. The fraction of sp³-hybridized carbons (Fsp3) is 0.632. The van der Waals surface area contributed by atoms with Gasteiger partial charge in [0.1, 0.15) is 5.75 Å². The molecular weight excluding hydrogens is 326 g/mol. The summed E-state index contributed by atoms with van der Waals surface area (Å²) in [5.41, 5.74) is 0.910. The lowest BCUT2D eigenvalue weighted by Crippen LogP contribution is -2.49. The Hall–Kier alpha value is -1.69. The van der Waals surface area contributed by atoms with Gasteiger partial charge in [0.05, 0.1) is 6.04 Å². The van der Waals surface area contributed by atoms with Crippen molar-refractivity contribution in [2.75, 3.05) is 0 Å². The highest BCUT2D eigenvalue weighted by atomic mass is 19.3. The molecular formula is C19H28F2N2O2. The molecule has 0 aromatic heterocycles. The van der Waals surface area contributed by atoms with E-state index in [0.29, 0.717) is 5.92 Å². The molecule has 1 fully saturated rings. The van der Waals surface area contributed by atoms with Gasteiger partial charge in [0, 0.05) is 12.1 Å². The van der Waals surface area contributed by atoms with E-state index in [-0.39, 0.29) is 29.8 Å². The van der Waals surface area contributed by atoms with Crippen LogP contribution in [0.1, 0.15) is 58.1 Å². The number of hydrogen-bond donors (Lipinski definition) is 2. The van der Waals surface area contributed by atoms with Gasteiger partial charge in [-0.2, -0.15) is 8.78 Å². The highest BCUT2D eigenvalue weighted by molar-refractivity contribution is 5.81. The molecule has 1 aromatic carbocycles. The lowest BCUT2D eigenvalue weighted by molar-refractivity contribution is -0.124. The molecule has 0 saturated heterocycles. The van der Waals surface area contributed by atoms with Gasteiger partial charge in [-0.15, -0.1) is 0 Å². The summed E-state index contributed by atoms with van der Waals surface area (Å²) >= 11 is 0. The zero-order valence-corrected chi connectivity index (χ0v) is 15.1. The molecule has 4 atom stereocenters. The van der Waals surface area contributed by atoms with Crippen molar-refractivity contribution in [3.05, 3.63) is 29.8 Å².